The number of nitrogens with one attached hydrogen (secondary N) is 1. The van der Waals surface area contributed by atoms with E-state index in [0.717, 1.165) is 36.8 Å². The standard InChI is InChI=1S/C15H23N3O2/c1-11(2)16-8-14-7-15(20-17-14)10-18(4)9-13-5-6-19-12(13)3/h5-7,11,16H,8-10H2,1-4H3. The molecule has 0 saturated carbocycles. The molecule has 110 valence electrons. The minimum atomic E-state index is 0.446. The van der Waals surface area contributed by atoms with E-state index in [4.69, 9.17) is 8.94 Å². The fourth-order valence-corrected chi connectivity index (χ4v) is 2.01. The van der Waals surface area contributed by atoms with Crippen molar-refractivity contribution >= 4 is 0 Å². The maximum Gasteiger partial charge on any atom is 0.151 e. The van der Waals surface area contributed by atoms with Gasteiger partial charge in [-0.1, -0.05) is 19.0 Å². The van der Waals surface area contributed by atoms with E-state index < -0.39 is 0 Å². The van der Waals surface area contributed by atoms with E-state index in [0.29, 0.717) is 6.04 Å². The summed E-state index contributed by atoms with van der Waals surface area (Å²) < 4.78 is 10.7. The SMILES string of the molecule is Cc1occc1CN(C)Cc1cc(CNC(C)C)no1. The summed E-state index contributed by atoms with van der Waals surface area (Å²) in [6.07, 6.45) is 1.72. The molecule has 0 unspecified atom stereocenters. The first kappa shape index (κ1) is 14.8. The van der Waals surface area contributed by atoms with Crippen molar-refractivity contribution in [3.63, 3.8) is 0 Å². The first-order chi connectivity index (χ1) is 9.54. The summed E-state index contributed by atoms with van der Waals surface area (Å²) in [7, 11) is 2.06. The van der Waals surface area contributed by atoms with Gasteiger partial charge in [0.15, 0.2) is 5.76 Å². The van der Waals surface area contributed by atoms with Gasteiger partial charge in [0.2, 0.25) is 0 Å². The zero-order chi connectivity index (χ0) is 14.5. The third-order valence-electron chi connectivity index (χ3n) is 3.13. The molecule has 20 heavy (non-hydrogen) atoms. The van der Waals surface area contributed by atoms with E-state index in [9.17, 15) is 0 Å². The first-order valence-corrected chi connectivity index (χ1v) is 6.94. The Hall–Kier alpha value is -1.59. The first-order valence-electron chi connectivity index (χ1n) is 6.94. The van der Waals surface area contributed by atoms with Crippen molar-refractivity contribution in [3.8, 4) is 0 Å². The highest BCUT2D eigenvalue weighted by atomic mass is 16.5. The number of nitrogens with zero attached hydrogens (tertiary/aromatic N) is 2. The second-order valence-electron chi connectivity index (χ2n) is 5.49. The van der Waals surface area contributed by atoms with Crippen LogP contribution in [0.15, 0.2) is 27.3 Å². The molecule has 0 bridgehead atoms. The van der Waals surface area contributed by atoms with Crippen LogP contribution in [0, 0.1) is 6.92 Å². The summed E-state index contributed by atoms with van der Waals surface area (Å²) in [5.74, 6) is 1.85. The molecule has 5 heteroatoms. The summed E-state index contributed by atoms with van der Waals surface area (Å²) in [4.78, 5) is 2.18. The number of hydrogen-bond acceptors (Lipinski definition) is 5. The number of aromatic nitrogens is 1. The molecule has 2 aromatic rings. The largest absolute Gasteiger partial charge is 0.469 e. The fraction of sp³-hybridized carbons (Fsp3) is 0.533. The Balaban J connectivity index is 1.85. The molecule has 5 nitrogen and oxygen atoms in total. The average Bonchev–Trinajstić information content (AvgIpc) is 2.97. The molecule has 0 saturated heterocycles. The van der Waals surface area contributed by atoms with Crippen LogP contribution in [0.5, 0.6) is 0 Å². The minimum absolute atomic E-state index is 0.446. The number of aryl methyl sites for hydroxylation is 1. The van der Waals surface area contributed by atoms with E-state index in [-0.39, 0.29) is 0 Å². The summed E-state index contributed by atoms with van der Waals surface area (Å²) in [6.45, 7) is 8.52. The Morgan fingerprint density at radius 3 is 2.80 bits per heavy atom. The topological polar surface area (TPSA) is 54.4 Å². The van der Waals surface area contributed by atoms with E-state index >= 15 is 0 Å². The molecule has 0 atom stereocenters. The maximum atomic E-state index is 5.36. The predicted molar refractivity (Wildman–Crippen MR) is 77.1 cm³/mol. The number of furan rings is 1. The number of rotatable bonds is 7. The van der Waals surface area contributed by atoms with Crippen molar-refractivity contribution < 1.29 is 8.94 Å². The molecule has 2 aromatic heterocycles. The maximum absolute atomic E-state index is 5.36. The van der Waals surface area contributed by atoms with Crippen molar-refractivity contribution in [2.24, 2.45) is 0 Å². The van der Waals surface area contributed by atoms with Crippen molar-refractivity contribution in [2.75, 3.05) is 7.05 Å². The Morgan fingerprint density at radius 2 is 2.15 bits per heavy atom. The molecule has 1 N–H and O–H groups in total. The van der Waals surface area contributed by atoms with Crippen LogP contribution < -0.4 is 5.32 Å². The molecule has 0 aromatic carbocycles. The highest BCUT2D eigenvalue weighted by Crippen LogP contribution is 2.13. The van der Waals surface area contributed by atoms with Gasteiger partial charge >= 0.3 is 0 Å². The van der Waals surface area contributed by atoms with Gasteiger partial charge in [-0.2, -0.15) is 0 Å². The van der Waals surface area contributed by atoms with Gasteiger partial charge < -0.3 is 14.3 Å². The van der Waals surface area contributed by atoms with E-state index in [1.165, 1.54) is 5.56 Å². The predicted octanol–water partition coefficient (Wildman–Crippen LogP) is 2.71. The lowest BCUT2D eigenvalue weighted by Crippen LogP contribution is -2.21. The molecule has 0 spiro atoms. The van der Waals surface area contributed by atoms with Crippen molar-refractivity contribution in [2.45, 2.75) is 46.4 Å². The molecule has 0 aliphatic rings. The van der Waals surface area contributed by atoms with Gasteiger partial charge in [0.05, 0.1) is 18.5 Å². The van der Waals surface area contributed by atoms with Crippen LogP contribution in [0.25, 0.3) is 0 Å². The lowest BCUT2D eigenvalue weighted by atomic mass is 10.2. The fourth-order valence-electron chi connectivity index (χ4n) is 2.01. The summed E-state index contributed by atoms with van der Waals surface area (Å²) in [5.41, 5.74) is 2.15. The van der Waals surface area contributed by atoms with E-state index in [1.54, 1.807) is 6.26 Å². The van der Waals surface area contributed by atoms with Gasteiger partial charge in [-0.15, -0.1) is 0 Å². The van der Waals surface area contributed by atoms with Gasteiger partial charge in [0.1, 0.15) is 5.76 Å². The Labute approximate surface area is 119 Å². The van der Waals surface area contributed by atoms with Crippen LogP contribution in [0.3, 0.4) is 0 Å². The van der Waals surface area contributed by atoms with Crippen LogP contribution in [-0.2, 0) is 19.6 Å². The highest BCUT2D eigenvalue weighted by Gasteiger charge is 2.10. The third kappa shape index (κ3) is 4.21. The van der Waals surface area contributed by atoms with Crippen LogP contribution in [-0.4, -0.2) is 23.1 Å². The van der Waals surface area contributed by atoms with E-state index in [2.05, 4.69) is 36.3 Å². The van der Waals surface area contributed by atoms with Crippen molar-refractivity contribution in [1.29, 1.82) is 0 Å². The quantitative estimate of drug-likeness (QED) is 0.843. The molecule has 2 rings (SSSR count). The second-order valence-corrected chi connectivity index (χ2v) is 5.49. The molecular formula is C15H23N3O2. The Bertz CT molecular complexity index is 531. The zero-order valence-electron chi connectivity index (χ0n) is 12.6. The lowest BCUT2D eigenvalue weighted by Gasteiger charge is -2.13. The van der Waals surface area contributed by atoms with Gasteiger partial charge in [-0.25, -0.2) is 0 Å². The molecule has 0 radical (unpaired) electrons. The third-order valence-corrected chi connectivity index (χ3v) is 3.13. The summed E-state index contributed by atoms with van der Waals surface area (Å²) >= 11 is 0. The van der Waals surface area contributed by atoms with Gasteiger partial charge in [0, 0.05) is 30.8 Å². The summed E-state index contributed by atoms with van der Waals surface area (Å²) in [6, 6.07) is 4.46. The normalized spacial score (nSPS) is 11.7. The highest BCUT2D eigenvalue weighted by molar-refractivity contribution is 5.15. The Kier molecular flexibility index (Phi) is 4.98. The van der Waals surface area contributed by atoms with Gasteiger partial charge in [-0.3, -0.25) is 4.90 Å². The Morgan fingerprint density at radius 1 is 1.35 bits per heavy atom. The number of hydrogen-bond donors (Lipinski definition) is 1. The summed E-state index contributed by atoms with van der Waals surface area (Å²) in [5, 5.41) is 7.40. The van der Waals surface area contributed by atoms with Crippen LogP contribution in [0.1, 0.15) is 36.6 Å². The lowest BCUT2D eigenvalue weighted by molar-refractivity contribution is 0.264. The van der Waals surface area contributed by atoms with Gasteiger partial charge in [-0.05, 0) is 20.0 Å². The molecule has 0 aliphatic carbocycles. The minimum Gasteiger partial charge on any atom is -0.469 e. The van der Waals surface area contributed by atoms with Crippen LogP contribution in [0.4, 0.5) is 0 Å². The smallest absolute Gasteiger partial charge is 0.151 e. The van der Waals surface area contributed by atoms with Gasteiger partial charge in [0.25, 0.3) is 0 Å². The molecular weight excluding hydrogens is 254 g/mol. The zero-order valence-corrected chi connectivity index (χ0v) is 12.6. The molecule has 0 amide bonds. The van der Waals surface area contributed by atoms with Crippen LogP contribution >= 0.6 is 0 Å². The van der Waals surface area contributed by atoms with E-state index in [1.807, 2.05) is 19.1 Å². The second kappa shape index (κ2) is 6.72. The monoisotopic (exact) mass is 277 g/mol. The van der Waals surface area contributed by atoms with Crippen molar-refractivity contribution in [3.05, 3.63) is 41.2 Å². The average molecular weight is 277 g/mol. The molecule has 0 aliphatic heterocycles. The van der Waals surface area contributed by atoms with Crippen molar-refractivity contribution in [1.82, 2.24) is 15.4 Å². The molecule has 0 fully saturated rings. The van der Waals surface area contributed by atoms with Crippen LogP contribution in [0.2, 0.25) is 0 Å². The molecule has 2 heterocycles.